The summed E-state index contributed by atoms with van der Waals surface area (Å²) in [6, 6.07) is 8.03. The zero-order valence-electron chi connectivity index (χ0n) is 20.1. The molecule has 1 heterocycles. The van der Waals surface area contributed by atoms with Gasteiger partial charge in [-0.25, -0.2) is 4.79 Å². The summed E-state index contributed by atoms with van der Waals surface area (Å²) in [7, 11) is 0. The number of benzene rings is 1. The molecule has 0 atom stereocenters. The SMILES string of the molecule is C#CCN(CC(=O)N(CCCC)c1c(N)n(CC(C)C)c(=O)[nH]c1=O)Cc1ccc(C)cc1. The lowest BCUT2D eigenvalue weighted by atomic mass is 10.1. The number of unbranched alkanes of at least 4 members (excludes halogenated alkanes) is 1. The molecule has 0 aliphatic rings. The lowest BCUT2D eigenvalue weighted by Crippen LogP contribution is -2.45. The Bertz CT molecular complexity index is 1090. The van der Waals surface area contributed by atoms with Crippen molar-refractivity contribution < 1.29 is 4.79 Å². The van der Waals surface area contributed by atoms with Crippen LogP contribution in [-0.2, 0) is 17.9 Å². The molecule has 0 unspecified atom stereocenters. The average Bonchev–Trinajstić information content (AvgIpc) is 2.74. The minimum absolute atomic E-state index is 0.00365. The maximum absolute atomic E-state index is 13.4. The van der Waals surface area contributed by atoms with Crippen molar-refractivity contribution >= 4 is 17.4 Å². The molecule has 3 N–H and O–H groups in total. The smallest absolute Gasteiger partial charge is 0.330 e. The fraction of sp³-hybridized carbons (Fsp3) is 0.480. The summed E-state index contributed by atoms with van der Waals surface area (Å²) in [5.74, 6) is 2.44. The van der Waals surface area contributed by atoms with E-state index in [-0.39, 0.29) is 36.4 Å². The molecule has 2 rings (SSSR count). The highest BCUT2D eigenvalue weighted by atomic mass is 16.2. The number of aryl methyl sites for hydroxylation is 1. The van der Waals surface area contributed by atoms with Crippen LogP contribution in [0, 0.1) is 25.2 Å². The second kappa shape index (κ2) is 12.1. The summed E-state index contributed by atoms with van der Waals surface area (Å²) in [4.78, 5) is 44.1. The van der Waals surface area contributed by atoms with Crippen LogP contribution in [0.1, 0.15) is 44.7 Å². The molecule has 0 radical (unpaired) electrons. The van der Waals surface area contributed by atoms with Gasteiger partial charge in [-0.05, 0) is 24.8 Å². The maximum atomic E-state index is 13.4. The van der Waals surface area contributed by atoms with Gasteiger partial charge in [0, 0.05) is 19.6 Å². The van der Waals surface area contributed by atoms with Crippen LogP contribution >= 0.6 is 0 Å². The van der Waals surface area contributed by atoms with E-state index in [2.05, 4.69) is 10.9 Å². The van der Waals surface area contributed by atoms with Gasteiger partial charge in [0.05, 0.1) is 13.1 Å². The second-order valence-corrected chi connectivity index (χ2v) is 8.73. The standard InChI is InChI=1S/C25H35N5O3/c1-6-8-14-29(22-23(26)30(15-18(3)4)25(33)27-24(22)32)21(31)17-28(13-7-2)16-20-11-9-19(5)10-12-20/h2,9-12,18H,6,8,13-17,26H2,1,3-5H3,(H,27,32,33). The van der Waals surface area contributed by atoms with E-state index in [0.29, 0.717) is 26.1 Å². The lowest BCUT2D eigenvalue weighted by molar-refractivity contribution is -0.119. The van der Waals surface area contributed by atoms with Gasteiger partial charge in [-0.3, -0.25) is 24.0 Å². The molecule has 1 aromatic carbocycles. The first kappa shape index (κ1) is 25.9. The summed E-state index contributed by atoms with van der Waals surface area (Å²) in [5.41, 5.74) is 7.23. The summed E-state index contributed by atoms with van der Waals surface area (Å²) in [5, 5.41) is 0. The minimum atomic E-state index is -0.663. The fourth-order valence-electron chi connectivity index (χ4n) is 3.59. The Morgan fingerprint density at radius 1 is 1.24 bits per heavy atom. The van der Waals surface area contributed by atoms with Crippen LogP contribution in [0.15, 0.2) is 33.9 Å². The van der Waals surface area contributed by atoms with Crippen LogP contribution in [0.4, 0.5) is 11.5 Å². The number of rotatable bonds is 11. The Morgan fingerprint density at radius 2 is 1.91 bits per heavy atom. The van der Waals surface area contributed by atoms with Crippen molar-refractivity contribution in [1.82, 2.24) is 14.5 Å². The largest absolute Gasteiger partial charge is 0.383 e. The van der Waals surface area contributed by atoms with Gasteiger partial charge in [0.2, 0.25) is 5.91 Å². The highest BCUT2D eigenvalue weighted by molar-refractivity contribution is 5.96. The van der Waals surface area contributed by atoms with E-state index < -0.39 is 11.2 Å². The van der Waals surface area contributed by atoms with Gasteiger partial charge in [-0.2, -0.15) is 0 Å². The van der Waals surface area contributed by atoms with E-state index in [1.165, 1.54) is 9.47 Å². The Labute approximate surface area is 195 Å². The molecule has 0 bridgehead atoms. The molecule has 33 heavy (non-hydrogen) atoms. The number of hydrogen-bond acceptors (Lipinski definition) is 5. The van der Waals surface area contributed by atoms with Gasteiger partial charge >= 0.3 is 5.69 Å². The normalized spacial score (nSPS) is 11.1. The van der Waals surface area contributed by atoms with Gasteiger partial charge in [0.1, 0.15) is 5.82 Å². The van der Waals surface area contributed by atoms with E-state index in [1.54, 1.807) is 0 Å². The van der Waals surface area contributed by atoms with Crippen molar-refractivity contribution in [3.8, 4) is 12.3 Å². The van der Waals surface area contributed by atoms with Crippen LogP contribution in [-0.4, -0.2) is 40.0 Å². The predicted molar refractivity (Wildman–Crippen MR) is 133 cm³/mol. The minimum Gasteiger partial charge on any atom is -0.383 e. The number of nitrogens with zero attached hydrogens (tertiary/aromatic N) is 3. The van der Waals surface area contributed by atoms with E-state index in [0.717, 1.165) is 17.5 Å². The number of nitrogens with two attached hydrogens (primary N) is 1. The zero-order valence-corrected chi connectivity index (χ0v) is 20.1. The van der Waals surface area contributed by atoms with E-state index in [9.17, 15) is 14.4 Å². The molecule has 0 saturated heterocycles. The highest BCUT2D eigenvalue weighted by Crippen LogP contribution is 2.19. The van der Waals surface area contributed by atoms with Gasteiger partial charge in [-0.15, -0.1) is 6.42 Å². The van der Waals surface area contributed by atoms with Gasteiger partial charge < -0.3 is 10.6 Å². The number of anilines is 2. The Kier molecular flexibility index (Phi) is 9.49. The number of nitrogen functional groups attached to an aromatic ring is 1. The Balaban J connectivity index is 2.39. The van der Waals surface area contributed by atoms with Crippen molar-refractivity contribution in [3.63, 3.8) is 0 Å². The number of H-pyrrole nitrogens is 1. The first-order valence-electron chi connectivity index (χ1n) is 11.3. The number of amides is 1. The first-order valence-corrected chi connectivity index (χ1v) is 11.3. The molecule has 0 spiro atoms. The van der Waals surface area contributed by atoms with Crippen molar-refractivity contribution in [3.05, 3.63) is 56.2 Å². The third-order valence-electron chi connectivity index (χ3n) is 5.27. The second-order valence-electron chi connectivity index (χ2n) is 8.73. The molecule has 2 aromatic rings. The van der Waals surface area contributed by atoms with Crippen molar-refractivity contribution in [1.29, 1.82) is 0 Å². The number of hydrogen-bond donors (Lipinski definition) is 2. The van der Waals surface area contributed by atoms with Crippen molar-refractivity contribution in [2.24, 2.45) is 5.92 Å². The van der Waals surface area contributed by atoms with Gasteiger partial charge in [-0.1, -0.05) is 62.9 Å². The van der Waals surface area contributed by atoms with Crippen molar-refractivity contribution in [2.45, 2.75) is 53.6 Å². The molecular weight excluding hydrogens is 418 g/mol. The summed E-state index contributed by atoms with van der Waals surface area (Å²) < 4.78 is 1.32. The monoisotopic (exact) mass is 453 g/mol. The third kappa shape index (κ3) is 7.09. The number of nitrogens with one attached hydrogen (secondary N) is 1. The first-order chi connectivity index (χ1) is 15.7. The number of carbonyl (C=O) groups excluding carboxylic acids is 1. The Hall–Kier alpha value is -3.31. The molecule has 1 amide bonds. The maximum Gasteiger partial charge on any atom is 0.330 e. The summed E-state index contributed by atoms with van der Waals surface area (Å²) in [6.07, 6.45) is 7.06. The molecule has 8 nitrogen and oxygen atoms in total. The Morgan fingerprint density at radius 3 is 2.48 bits per heavy atom. The molecule has 0 fully saturated rings. The van der Waals surface area contributed by atoms with Gasteiger partial charge in [0.25, 0.3) is 5.56 Å². The molecule has 0 saturated carbocycles. The van der Waals surface area contributed by atoms with Crippen LogP contribution in [0.2, 0.25) is 0 Å². The van der Waals surface area contributed by atoms with E-state index >= 15 is 0 Å². The quantitative estimate of drug-likeness (QED) is 0.508. The molecular formula is C25H35N5O3. The molecule has 8 heteroatoms. The predicted octanol–water partition coefficient (Wildman–Crippen LogP) is 2.35. The topological polar surface area (TPSA) is 104 Å². The third-order valence-corrected chi connectivity index (χ3v) is 5.27. The van der Waals surface area contributed by atoms with Gasteiger partial charge in [0.15, 0.2) is 5.69 Å². The molecule has 0 aliphatic heterocycles. The summed E-state index contributed by atoms with van der Waals surface area (Å²) >= 11 is 0. The number of terminal acetylenes is 1. The summed E-state index contributed by atoms with van der Waals surface area (Å²) in [6.45, 7) is 9.34. The average molecular weight is 454 g/mol. The fourth-order valence-corrected chi connectivity index (χ4v) is 3.59. The van der Waals surface area contributed by atoms with Crippen molar-refractivity contribution in [2.75, 3.05) is 30.3 Å². The van der Waals surface area contributed by atoms with Crippen LogP contribution in [0.3, 0.4) is 0 Å². The van der Waals surface area contributed by atoms with E-state index in [1.807, 2.05) is 56.9 Å². The molecule has 0 aliphatic carbocycles. The molecule has 1 aromatic heterocycles. The lowest BCUT2D eigenvalue weighted by Gasteiger charge is -2.28. The molecule has 178 valence electrons. The number of aromatic amines is 1. The van der Waals surface area contributed by atoms with E-state index in [4.69, 9.17) is 12.2 Å². The number of aromatic nitrogens is 2. The zero-order chi connectivity index (χ0) is 24.5. The number of carbonyl (C=O) groups is 1. The van der Waals surface area contributed by atoms with Crippen LogP contribution in [0.25, 0.3) is 0 Å². The van der Waals surface area contributed by atoms with Crippen LogP contribution < -0.4 is 21.9 Å². The highest BCUT2D eigenvalue weighted by Gasteiger charge is 2.25. The van der Waals surface area contributed by atoms with Crippen LogP contribution in [0.5, 0.6) is 0 Å².